The lowest BCUT2D eigenvalue weighted by Gasteiger charge is -2.14. The Labute approximate surface area is 133 Å². The number of hydrogen-bond donors (Lipinski definition) is 3. The van der Waals surface area contributed by atoms with E-state index < -0.39 is 10.0 Å². The van der Waals surface area contributed by atoms with Gasteiger partial charge < -0.3 is 9.97 Å². The van der Waals surface area contributed by atoms with Crippen molar-refractivity contribution in [3.8, 4) is 0 Å². The Morgan fingerprint density at radius 1 is 1.00 bits per heavy atom. The highest BCUT2D eigenvalue weighted by Crippen LogP contribution is 2.26. The smallest absolute Gasteiger partial charge is 0.306 e. The highest BCUT2D eigenvalue weighted by molar-refractivity contribution is 7.92. The van der Waals surface area contributed by atoms with Crippen LogP contribution in [-0.2, 0) is 10.0 Å². The summed E-state index contributed by atoms with van der Waals surface area (Å²) < 4.78 is 27.9. The molecule has 0 amide bonds. The van der Waals surface area contributed by atoms with Gasteiger partial charge >= 0.3 is 5.69 Å². The minimum absolute atomic E-state index is 0.0961. The van der Waals surface area contributed by atoms with E-state index in [1.807, 2.05) is 26.0 Å². The van der Waals surface area contributed by atoms with Gasteiger partial charge in [0.2, 0.25) is 0 Å². The summed E-state index contributed by atoms with van der Waals surface area (Å²) in [6, 6.07) is 11.8. The van der Waals surface area contributed by atoms with E-state index in [9.17, 15) is 13.2 Å². The van der Waals surface area contributed by atoms with Crippen molar-refractivity contribution in [1.82, 2.24) is 9.97 Å². The summed E-state index contributed by atoms with van der Waals surface area (Å²) in [7, 11) is -3.74. The number of anilines is 1. The number of H-pyrrole nitrogens is 2. The minimum Gasteiger partial charge on any atom is -0.306 e. The molecule has 0 bridgehead atoms. The molecule has 3 N–H and O–H groups in total. The van der Waals surface area contributed by atoms with Crippen LogP contribution < -0.4 is 10.4 Å². The van der Waals surface area contributed by atoms with Crippen LogP contribution in [0.2, 0.25) is 0 Å². The van der Waals surface area contributed by atoms with Crippen molar-refractivity contribution in [3.63, 3.8) is 0 Å². The highest BCUT2D eigenvalue weighted by atomic mass is 32.2. The van der Waals surface area contributed by atoms with E-state index >= 15 is 0 Å². The van der Waals surface area contributed by atoms with Gasteiger partial charge in [0.25, 0.3) is 10.0 Å². The van der Waals surface area contributed by atoms with Crippen molar-refractivity contribution in [3.05, 3.63) is 58.5 Å². The summed E-state index contributed by atoms with van der Waals surface area (Å²) in [6.45, 7) is 4.01. The maximum absolute atomic E-state index is 12.6. The molecule has 0 aliphatic rings. The standard InChI is InChI=1S/C16H17N3O3S/c1-10(2)12-5-3-4-6-13(12)19-23(21,22)11-7-8-14-15(9-11)18-16(20)17-14/h3-10,19H,1-2H3,(H2,17,18,20). The van der Waals surface area contributed by atoms with Crippen LogP contribution in [0.25, 0.3) is 11.0 Å². The first-order valence-electron chi connectivity index (χ1n) is 7.20. The third-order valence-corrected chi connectivity index (χ3v) is 4.99. The van der Waals surface area contributed by atoms with Crippen LogP contribution in [0.1, 0.15) is 25.3 Å². The molecule has 6 nitrogen and oxygen atoms in total. The second-order valence-corrected chi connectivity index (χ2v) is 7.32. The second kappa shape index (κ2) is 5.58. The summed E-state index contributed by atoms with van der Waals surface area (Å²) in [5, 5.41) is 0. The SMILES string of the molecule is CC(C)c1ccccc1NS(=O)(=O)c1ccc2[nH]c(=O)[nH]c2c1. The van der Waals surface area contributed by atoms with E-state index in [2.05, 4.69) is 14.7 Å². The molecule has 7 heteroatoms. The van der Waals surface area contributed by atoms with E-state index in [0.717, 1.165) is 5.56 Å². The van der Waals surface area contributed by atoms with Gasteiger partial charge in [0.15, 0.2) is 0 Å². The lowest BCUT2D eigenvalue weighted by molar-refractivity contribution is 0.601. The number of aromatic amines is 2. The van der Waals surface area contributed by atoms with Crippen molar-refractivity contribution in [2.24, 2.45) is 0 Å². The van der Waals surface area contributed by atoms with Gasteiger partial charge in [-0.25, -0.2) is 13.2 Å². The normalized spacial score (nSPS) is 12.0. The highest BCUT2D eigenvalue weighted by Gasteiger charge is 2.17. The van der Waals surface area contributed by atoms with E-state index in [4.69, 9.17) is 0 Å². The summed E-state index contributed by atoms with van der Waals surface area (Å²) in [5.41, 5.74) is 2.14. The van der Waals surface area contributed by atoms with Crippen molar-refractivity contribution >= 4 is 26.7 Å². The van der Waals surface area contributed by atoms with Crippen molar-refractivity contribution in [2.75, 3.05) is 4.72 Å². The molecule has 1 aromatic heterocycles. The van der Waals surface area contributed by atoms with E-state index in [0.29, 0.717) is 16.7 Å². The van der Waals surface area contributed by atoms with Gasteiger partial charge in [-0.2, -0.15) is 0 Å². The molecule has 0 aliphatic heterocycles. The molecular weight excluding hydrogens is 314 g/mol. The predicted molar refractivity (Wildman–Crippen MR) is 90.3 cm³/mol. The number of benzene rings is 2. The molecule has 1 heterocycles. The first-order valence-corrected chi connectivity index (χ1v) is 8.69. The molecule has 0 aliphatic carbocycles. The van der Waals surface area contributed by atoms with Crippen molar-refractivity contribution in [1.29, 1.82) is 0 Å². The molecule has 0 atom stereocenters. The van der Waals surface area contributed by atoms with E-state index in [1.165, 1.54) is 12.1 Å². The van der Waals surface area contributed by atoms with Gasteiger partial charge in [-0.15, -0.1) is 0 Å². The molecule has 0 fully saturated rings. The number of aromatic nitrogens is 2. The zero-order chi connectivity index (χ0) is 16.6. The van der Waals surface area contributed by atoms with Crippen LogP contribution >= 0.6 is 0 Å². The Hall–Kier alpha value is -2.54. The number of imidazole rings is 1. The van der Waals surface area contributed by atoms with Gasteiger partial charge in [0.1, 0.15) is 0 Å². The second-order valence-electron chi connectivity index (χ2n) is 5.63. The fourth-order valence-corrected chi connectivity index (χ4v) is 3.59. The Morgan fingerprint density at radius 2 is 1.70 bits per heavy atom. The lowest BCUT2D eigenvalue weighted by atomic mass is 10.0. The minimum atomic E-state index is -3.74. The predicted octanol–water partition coefficient (Wildman–Crippen LogP) is 2.78. The monoisotopic (exact) mass is 331 g/mol. The van der Waals surface area contributed by atoms with E-state index in [1.54, 1.807) is 18.2 Å². The largest absolute Gasteiger partial charge is 0.323 e. The molecule has 23 heavy (non-hydrogen) atoms. The number of rotatable bonds is 4. The third kappa shape index (κ3) is 3.00. The average Bonchev–Trinajstić information content (AvgIpc) is 2.86. The van der Waals surface area contributed by atoms with Gasteiger partial charge in [-0.1, -0.05) is 32.0 Å². The quantitative estimate of drug-likeness (QED) is 0.686. The molecule has 0 saturated carbocycles. The maximum atomic E-state index is 12.6. The van der Waals surface area contributed by atoms with Gasteiger partial charge in [-0.3, -0.25) is 4.72 Å². The van der Waals surface area contributed by atoms with Crippen LogP contribution in [0, 0.1) is 0 Å². The Kier molecular flexibility index (Phi) is 3.73. The first kappa shape index (κ1) is 15.4. The van der Waals surface area contributed by atoms with Gasteiger partial charge in [0.05, 0.1) is 21.6 Å². The van der Waals surface area contributed by atoms with Crippen LogP contribution in [0.15, 0.2) is 52.2 Å². The molecule has 0 radical (unpaired) electrons. The van der Waals surface area contributed by atoms with Gasteiger partial charge in [-0.05, 0) is 35.7 Å². The number of fused-ring (bicyclic) bond motifs is 1. The summed E-state index contributed by atoms with van der Waals surface area (Å²) >= 11 is 0. The summed E-state index contributed by atoms with van der Waals surface area (Å²) in [4.78, 5) is 16.5. The van der Waals surface area contributed by atoms with Crippen LogP contribution in [0.4, 0.5) is 5.69 Å². The first-order chi connectivity index (χ1) is 10.9. The van der Waals surface area contributed by atoms with Gasteiger partial charge in [0, 0.05) is 0 Å². The number of nitrogens with one attached hydrogen (secondary N) is 3. The molecule has 0 spiro atoms. The fraction of sp³-hybridized carbons (Fsp3) is 0.188. The molecule has 0 unspecified atom stereocenters. The number of sulfonamides is 1. The molecular formula is C16H17N3O3S. The Bertz CT molecular complexity index is 1020. The van der Waals surface area contributed by atoms with Crippen molar-refractivity contribution < 1.29 is 8.42 Å². The molecule has 3 aromatic rings. The van der Waals surface area contributed by atoms with Crippen LogP contribution in [-0.4, -0.2) is 18.4 Å². The van der Waals surface area contributed by atoms with Crippen molar-refractivity contribution in [2.45, 2.75) is 24.7 Å². The Morgan fingerprint density at radius 3 is 2.43 bits per heavy atom. The van der Waals surface area contributed by atoms with Crippen LogP contribution in [0.3, 0.4) is 0 Å². The van der Waals surface area contributed by atoms with Crippen LogP contribution in [0.5, 0.6) is 0 Å². The van der Waals surface area contributed by atoms with E-state index in [-0.39, 0.29) is 16.5 Å². The maximum Gasteiger partial charge on any atom is 0.323 e. The fourth-order valence-electron chi connectivity index (χ4n) is 2.48. The number of para-hydroxylation sites is 1. The zero-order valence-corrected chi connectivity index (χ0v) is 13.6. The zero-order valence-electron chi connectivity index (χ0n) is 12.8. The molecule has 2 aromatic carbocycles. The Balaban J connectivity index is 2.02. The summed E-state index contributed by atoms with van der Waals surface area (Å²) in [5.74, 6) is 0.192. The third-order valence-electron chi connectivity index (χ3n) is 3.62. The lowest BCUT2D eigenvalue weighted by Crippen LogP contribution is -2.14. The molecule has 120 valence electrons. The topological polar surface area (TPSA) is 94.8 Å². The summed E-state index contributed by atoms with van der Waals surface area (Å²) in [6.07, 6.45) is 0. The average molecular weight is 331 g/mol. The molecule has 0 saturated heterocycles. The number of hydrogen-bond acceptors (Lipinski definition) is 3. The molecule has 3 rings (SSSR count).